The van der Waals surface area contributed by atoms with E-state index in [-0.39, 0.29) is 0 Å². The molecule has 3 N–H and O–H groups in total. The average molecular weight is 183 g/mol. The Kier molecular flexibility index (Phi) is 2.17. The lowest BCUT2D eigenvalue weighted by Gasteiger charge is -2.02. The molecule has 3 heteroatoms. The fourth-order valence-corrected chi connectivity index (χ4v) is 2.89. The van der Waals surface area contributed by atoms with Crippen molar-refractivity contribution in [3.63, 3.8) is 0 Å². The van der Waals surface area contributed by atoms with Crippen LogP contribution in [0.1, 0.15) is 27.8 Å². The summed E-state index contributed by atoms with van der Waals surface area (Å²) in [6, 6.07) is 2.12. The standard InChI is InChI=1S/C9H13NOS/c10-5-7(11)9-4-6-2-1-3-8(6)12-9/h4,7,11H,1-3,5,10H2. The van der Waals surface area contributed by atoms with Crippen LogP contribution in [0.15, 0.2) is 6.07 Å². The number of hydrogen-bond donors (Lipinski definition) is 2. The second-order valence-electron chi connectivity index (χ2n) is 3.20. The predicted octanol–water partition coefficient (Wildman–Crippen LogP) is 1.23. The first kappa shape index (κ1) is 8.23. The van der Waals surface area contributed by atoms with Crippen LogP contribution in [0.5, 0.6) is 0 Å². The van der Waals surface area contributed by atoms with E-state index >= 15 is 0 Å². The molecule has 1 heterocycles. The molecule has 2 nitrogen and oxygen atoms in total. The van der Waals surface area contributed by atoms with Crippen LogP contribution in [0, 0.1) is 0 Å². The molecule has 0 amide bonds. The van der Waals surface area contributed by atoms with Gasteiger partial charge in [0.15, 0.2) is 0 Å². The van der Waals surface area contributed by atoms with Crippen LogP contribution in [0.2, 0.25) is 0 Å². The summed E-state index contributed by atoms with van der Waals surface area (Å²) >= 11 is 1.72. The molecule has 66 valence electrons. The van der Waals surface area contributed by atoms with Crippen LogP contribution in [-0.2, 0) is 12.8 Å². The largest absolute Gasteiger partial charge is 0.386 e. The van der Waals surface area contributed by atoms with Crippen molar-refractivity contribution in [1.29, 1.82) is 0 Å². The van der Waals surface area contributed by atoms with Crippen molar-refractivity contribution in [3.05, 3.63) is 21.4 Å². The number of thiophene rings is 1. The second-order valence-corrected chi connectivity index (χ2v) is 4.37. The highest BCUT2D eigenvalue weighted by Crippen LogP contribution is 2.33. The van der Waals surface area contributed by atoms with Gasteiger partial charge in [0, 0.05) is 16.3 Å². The third kappa shape index (κ3) is 1.28. The molecule has 1 aliphatic rings. The lowest BCUT2D eigenvalue weighted by atomic mass is 10.2. The minimum absolute atomic E-state index is 0.333. The van der Waals surface area contributed by atoms with Crippen molar-refractivity contribution < 1.29 is 5.11 Å². The zero-order chi connectivity index (χ0) is 8.55. The molecule has 1 aromatic heterocycles. The third-order valence-corrected chi connectivity index (χ3v) is 3.66. The summed E-state index contributed by atoms with van der Waals surface area (Å²) in [5, 5.41) is 9.47. The second kappa shape index (κ2) is 3.17. The first-order valence-electron chi connectivity index (χ1n) is 4.31. The van der Waals surface area contributed by atoms with Crippen LogP contribution < -0.4 is 5.73 Å². The summed E-state index contributed by atoms with van der Waals surface area (Å²) in [4.78, 5) is 2.50. The Hall–Kier alpha value is -0.380. The number of aliphatic hydroxyl groups excluding tert-OH is 1. The predicted molar refractivity (Wildman–Crippen MR) is 50.4 cm³/mol. The Labute approximate surface area is 76.0 Å². The molecule has 0 fully saturated rings. The fraction of sp³-hybridized carbons (Fsp3) is 0.556. The number of rotatable bonds is 2. The summed E-state index contributed by atoms with van der Waals surface area (Å²) in [7, 11) is 0. The normalized spacial score (nSPS) is 17.8. The van der Waals surface area contributed by atoms with Gasteiger partial charge in [0.25, 0.3) is 0 Å². The summed E-state index contributed by atoms with van der Waals surface area (Å²) in [5.74, 6) is 0. The zero-order valence-corrected chi connectivity index (χ0v) is 7.73. The molecule has 1 aromatic rings. The average Bonchev–Trinajstić information content (AvgIpc) is 2.60. The summed E-state index contributed by atoms with van der Waals surface area (Å²) in [6.45, 7) is 0.333. The van der Waals surface area contributed by atoms with Gasteiger partial charge in [-0.15, -0.1) is 11.3 Å². The summed E-state index contributed by atoms with van der Waals surface area (Å²) in [5.41, 5.74) is 6.81. The number of aryl methyl sites for hydroxylation is 2. The maximum atomic E-state index is 9.47. The topological polar surface area (TPSA) is 46.2 Å². The van der Waals surface area contributed by atoms with Gasteiger partial charge in [0.2, 0.25) is 0 Å². The van der Waals surface area contributed by atoms with Gasteiger partial charge in [-0.05, 0) is 30.9 Å². The van der Waals surface area contributed by atoms with E-state index in [9.17, 15) is 5.11 Å². The van der Waals surface area contributed by atoms with E-state index < -0.39 is 6.10 Å². The van der Waals surface area contributed by atoms with Crippen molar-refractivity contribution in [1.82, 2.24) is 0 Å². The van der Waals surface area contributed by atoms with E-state index in [4.69, 9.17) is 5.73 Å². The van der Waals surface area contributed by atoms with Crippen LogP contribution in [0.3, 0.4) is 0 Å². The molecule has 2 rings (SSSR count). The van der Waals surface area contributed by atoms with E-state index in [0.29, 0.717) is 6.54 Å². The number of nitrogens with two attached hydrogens (primary N) is 1. The number of aliphatic hydroxyl groups is 1. The highest BCUT2D eigenvalue weighted by Gasteiger charge is 2.17. The van der Waals surface area contributed by atoms with Crippen molar-refractivity contribution >= 4 is 11.3 Å². The molecule has 1 aliphatic carbocycles. The van der Waals surface area contributed by atoms with Crippen molar-refractivity contribution in [2.24, 2.45) is 5.73 Å². The van der Waals surface area contributed by atoms with Gasteiger partial charge in [0.1, 0.15) is 6.10 Å². The van der Waals surface area contributed by atoms with Crippen molar-refractivity contribution in [2.75, 3.05) is 6.54 Å². The quantitative estimate of drug-likeness (QED) is 0.724. The number of fused-ring (bicyclic) bond motifs is 1. The van der Waals surface area contributed by atoms with Crippen molar-refractivity contribution in [3.8, 4) is 0 Å². The lowest BCUT2D eigenvalue weighted by molar-refractivity contribution is 0.190. The SMILES string of the molecule is NCC(O)c1cc2c(s1)CCC2. The maximum Gasteiger partial charge on any atom is 0.100 e. The van der Waals surface area contributed by atoms with Gasteiger partial charge in [-0.2, -0.15) is 0 Å². The Morgan fingerprint density at radius 1 is 1.58 bits per heavy atom. The summed E-state index contributed by atoms with van der Waals surface area (Å²) < 4.78 is 0. The van der Waals surface area contributed by atoms with E-state index in [1.165, 1.54) is 29.7 Å². The molecule has 0 bridgehead atoms. The van der Waals surface area contributed by atoms with Gasteiger partial charge in [-0.1, -0.05) is 0 Å². The van der Waals surface area contributed by atoms with Crippen LogP contribution in [0.25, 0.3) is 0 Å². The molecule has 0 aromatic carbocycles. The van der Waals surface area contributed by atoms with Gasteiger partial charge < -0.3 is 10.8 Å². The van der Waals surface area contributed by atoms with Gasteiger partial charge in [-0.25, -0.2) is 0 Å². The van der Waals surface area contributed by atoms with Gasteiger partial charge in [-0.3, -0.25) is 0 Å². The first-order chi connectivity index (χ1) is 5.81. The fourth-order valence-electron chi connectivity index (χ4n) is 1.63. The Morgan fingerprint density at radius 3 is 3.08 bits per heavy atom. The van der Waals surface area contributed by atoms with Crippen molar-refractivity contribution in [2.45, 2.75) is 25.4 Å². The Balaban J connectivity index is 2.25. The molecule has 0 aliphatic heterocycles. The van der Waals surface area contributed by atoms with Gasteiger partial charge >= 0.3 is 0 Å². The molecule has 0 saturated carbocycles. The van der Waals surface area contributed by atoms with Crippen LogP contribution >= 0.6 is 11.3 Å². The molecule has 12 heavy (non-hydrogen) atoms. The third-order valence-electron chi connectivity index (χ3n) is 2.32. The molecule has 0 spiro atoms. The Bertz CT molecular complexity index is 261. The van der Waals surface area contributed by atoms with Crippen LogP contribution in [-0.4, -0.2) is 11.7 Å². The van der Waals surface area contributed by atoms with E-state index in [1.54, 1.807) is 11.3 Å². The Morgan fingerprint density at radius 2 is 2.42 bits per heavy atom. The number of hydrogen-bond acceptors (Lipinski definition) is 3. The molecular formula is C9H13NOS. The monoisotopic (exact) mass is 183 g/mol. The molecular weight excluding hydrogens is 170 g/mol. The van der Waals surface area contributed by atoms with E-state index in [1.807, 2.05) is 0 Å². The van der Waals surface area contributed by atoms with E-state index in [2.05, 4.69) is 6.07 Å². The zero-order valence-electron chi connectivity index (χ0n) is 6.92. The molecule has 1 atom stereocenters. The van der Waals surface area contributed by atoms with Crippen LogP contribution in [0.4, 0.5) is 0 Å². The maximum absolute atomic E-state index is 9.47. The van der Waals surface area contributed by atoms with Gasteiger partial charge in [0.05, 0.1) is 0 Å². The highest BCUT2D eigenvalue weighted by atomic mass is 32.1. The lowest BCUT2D eigenvalue weighted by Crippen LogP contribution is -2.09. The minimum atomic E-state index is -0.444. The molecule has 0 saturated heterocycles. The highest BCUT2D eigenvalue weighted by molar-refractivity contribution is 7.12. The molecule has 1 unspecified atom stereocenters. The minimum Gasteiger partial charge on any atom is -0.386 e. The summed E-state index contributed by atoms with van der Waals surface area (Å²) in [6.07, 6.45) is 3.21. The first-order valence-corrected chi connectivity index (χ1v) is 5.12. The van der Waals surface area contributed by atoms with E-state index in [0.717, 1.165) is 4.88 Å². The smallest absolute Gasteiger partial charge is 0.100 e. The molecule has 0 radical (unpaired) electrons.